The summed E-state index contributed by atoms with van der Waals surface area (Å²) in [7, 11) is 0. The van der Waals surface area contributed by atoms with Gasteiger partial charge in [0, 0.05) is 0 Å². The molecule has 0 N–H and O–H groups in total. The number of furan rings is 1. The van der Waals surface area contributed by atoms with Gasteiger partial charge >= 0.3 is 0 Å². The third-order valence-electron chi connectivity index (χ3n) is 1.19. The highest BCUT2D eigenvalue weighted by molar-refractivity contribution is 5.75. The summed E-state index contributed by atoms with van der Waals surface area (Å²) < 4.78 is 4.79. The van der Waals surface area contributed by atoms with E-state index in [1.54, 1.807) is 6.07 Å². The molecule has 0 aliphatic carbocycles. The molecule has 0 saturated carbocycles. The zero-order chi connectivity index (χ0) is 8.81. The summed E-state index contributed by atoms with van der Waals surface area (Å²) in [5, 5.41) is 8.18. The van der Waals surface area contributed by atoms with Crippen LogP contribution in [0.1, 0.15) is 22.5 Å². The number of rotatable bonds is 1. The van der Waals surface area contributed by atoms with E-state index in [4.69, 9.17) is 9.68 Å². The molecule has 0 saturated heterocycles. The van der Waals surface area contributed by atoms with Crippen molar-refractivity contribution < 1.29 is 9.21 Å². The van der Waals surface area contributed by atoms with Crippen molar-refractivity contribution in [3.63, 3.8) is 0 Å². The highest BCUT2D eigenvalue weighted by Crippen LogP contribution is 2.05. The molecule has 0 radical (unpaired) electrons. The SMILES string of the molecule is N#CCC#Cc1ccoc1C=O. The minimum Gasteiger partial charge on any atom is -0.460 e. The topological polar surface area (TPSA) is 54.0 Å². The van der Waals surface area contributed by atoms with Crippen LogP contribution in [0, 0.1) is 23.2 Å². The quantitative estimate of drug-likeness (QED) is 0.459. The van der Waals surface area contributed by atoms with Crippen molar-refractivity contribution in [2.45, 2.75) is 6.42 Å². The van der Waals surface area contributed by atoms with E-state index >= 15 is 0 Å². The van der Waals surface area contributed by atoms with Gasteiger partial charge in [0.25, 0.3) is 0 Å². The Bertz CT molecular complexity index is 373. The van der Waals surface area contributed by atoms with Gasteiger partial charge in [-0.15, -0.1) is 0 Å². The normalized spacial score (nSPS) is 7.92. The molecule has 0 unspecified atom stereocenters. The highest BCUT2D eigenvalue weighted by atomic mass is 16.3. The van der Waals surface area contributed by atoms with E-state index in [0.717, 1.165) is 0 Å². The third-order valence-corrected chi connectivity index (χ3v) is 1.19. The Morgan fingerprint density at radius 3 is 3.17 bits per heavy atom. The number of hydrogen-bond acceptors (Lipinski definition) is 3. The van der Waals surface area contributed by atoms with E-state index in [0.29, 0.717) is 11.8 Å². The fraction of sp³-hybridized carbons (Fsp3) is 0.111. The smallest absolute Gasteiger partial charge is 0.186 e. The Morgan fingerprint density at radius 1 is 1.67 bits per heavy atom. The Balaban J connectivity index is 2.84. The molecule has 1 aromatic rings. The van der Waals surface area contributed by atoms with Crippen LogP contribution in [0.4, 0.5) is 0 Å². The largest absolute Gasteiger partial charge is 0.460 e. The van der Waals surface area contributed by atoms with Gasteiger partial charge in [0.2, 0.25) is 0 Å². The molecular weight excluding hydrogens is 154 g/mol. The van der Waals surface area contributed by atoms with Gasteiger partial charge in [-0.05, 0) is 6.07 Å². The lowest BCUT2D eigenvalue weighted by Crippen LogP contribution is -1.78. The van der Waals surface area contributed by atoms with E-state index in [-0.39, 0.29) is 12.2 Å². The lowest BCUT2D eigenvalue weighted by molar-refractivity contribution is 0.110. The van der Waals surface area contributed by atoms with Crippen LogP contribution in [0.25, 0.3) is 0 Å². The second kappa shape index (κ2) is 4.00. The number of aldehydes is 1. The first-order chi connectivity index (χ1) is 5.88. The molecule has 0 aromatic carbocycles. The average molecular weight is 159 g/mol. The summed E-state index contributed by atoms with van der Waals surface area (Å²) in [6.45, 7) is 0. The summed E-state index contributed by atoms with van der Waals surface area (Å²) in [6, 6.07) is 3.47. The molecule has 1 rings (SSSR count). The van der Waals surface area contributed by atoms with Crippen molar-refractivity contribution >= 4 is 6.29 Å². The van der Waals surface area contributed by atoms with Gasteiger partial charge in [0.15, 0.2) is 12.0 Å². The molecule has 0 aliphatic heterocycles. The van der Waals surface area contributed by atoms with Crippen LogP contribution in [-0.4, -0.2) is 6.29 Å². The zero-order valence-corrected chi connectivity index (χ0v) is 6.20. The first-order valence-corrected chi connectivity index (χ1v) is 3.27. The first kappa shape index (κ1) is 8.10. The maximum atomic E-state index is 10.3. The van der Waals surface area contributed by atoms with Crippen LogP contribution in [-0.2, 0) is 0 Å². The van der Waals surface area contributed by atoms with Crippen LogP contribution in [0.2, 0.25) is 0 Å². The first-order valence-electron chi connectivity index (χ1n) is 3.27. The fourth-order valence-electron chi connectivity index (χ4n) is 0.694. The Kier molecular flexibility index (Phi) is 2.70. The van der Waals surface area contributed by atoms with E-state index in [2.05, 4.69) is 11.8 Å². The van der Waals surface area contributed by atoms with Crippen molar-refractivity contribution in [1.82, 2.24) is 0 Å². The second-order valence-corrected chi connectivity index (χ2v) is 1.95. The van der Waals surface area contributed by atoms with E-state index in [1.165, 1.54) is 6.26 Å². The second-order valence-electron chi connectivity index (χ2n) is 1.95. The van der Waals surface area contributed by atoms with Crippen molar-refractivity contribution in [1.29, 1.82) is 5.26 Å². The number of carbonyl (C=O) groups is 1. The van der Waals surface area contributed by atoms with Gasteiger partial charge in [-0.3, -0.25) is 4.79 Å². The van der Waals surface area contributed by atoms with E-state index in [9.17, 15) is 4.79 Å². The fourth-order valence-corrected chi connectivity index (χ4v) is 0.694. The van der Waals surface area contributed by atoms with Gasteiger partial charge in [-0.1, -0.05) is 11.8 Å². The molecule has 12 heavy (non-hydrogen) atoms. The monoisotopic (exact) mass is 159 g/mol. The van der Waals surface area contributed by atoms with Crippen molar-refractivity contribution in [2.75, 3.05) is 0 Å². The molecule has 3 heteroatoms. The molecular formula is C9H5NO2. The lowest BCUT2D eigenvalue weighted by atomic mass is 10.2. The standard InChI is InChI=1S/C9H5NO2/c10-5-2-1-3-8-4-6-12-9(8)7-11/h4,6-7H,2H2. The lowest BCUT2D eigenvalue weighted by Gasteiger charge is -1.80. The van der Waals surface area contributed by atoms with Gasteiger partial charge in [-0.2, -0.15) is 5.26 Å². The number of nitrogens with zero attached hydrogens (tertiary/aromatic N) is 1. The number of carbonyl (C=O) groups excluding carboxylic acids is 1. The van der Waals surface area contributed by atoms with Crippen LogP contribution in [0.5, 0.6) is 0 Å². The van der Waals surface area contributed by atoms with E-state index in [1.807, 2.05) is 6.07 Å². The van der Waals surface area contributed by atoms with Crippen LogP contribution >= 0.6 is 0 Å². The maximum absolute atomic E-state index is 10.3. The summed E-state index contributed by atoms with van der Waals surface area (Å²) in [6.07, 6.45) is 2.14. The Hall–Kier alpha value is -2.00. The van der Waals surface area contributed by atoms with E-state index < -0.39 is 0 Å². The van der Waals surface area contributed by atoms with Crippen molar-refractivity contribution in [3.05, 3.63) is 23.7 Å². The molecule has 0 amide bonds. The molecule has 1 aromatic heterocycles. The summed E-state index contributed by atoms with van der Waals surface area (Å²) in [5.74, 6) is 5.44. The van der Waals surface area contributed by atoms with Gasteiger partial charge in [-0.25, -0.2) is 0 Å². The van der Waals surface area contributed by atoms with Crippen molar-refractivity contribution in [2.24, 2.45) is 0 Å². The predicted octanol–water partition coefficient (Wildman–Crippen LogP) is 1.36. The molecule has 0 atom stereocenters. The van der Waals surface area contributed by atoms with Crippen molar-refractivity contribution in [3.8, 4) is 17.9 Å². The van der Waals surface area contributed by atoms with Crippen LogP contribution < -0.4 is 0 Å². The molecule has 0 aliphatic rings. The summed E-state index contributed by atoms with van der Waals surface area (Å²) in [5.41, 5.74) is 0.528. The average Bonchev–Trinajstić information content (AvgIpc) is 2.52. The van der Waals surface area contributed by atoms with Crippen LogP contribution in [0.15, 0.2) is 16.7 Å². The Labute approximate surface area is 69.6 Å². The number of hydrogen-bond donors (Lipinski definition) is 0. The molecule has 3 nitrogen and oxygen atoms in total. The minimum absolute atomic E-state index is 0.156. The van der Waals surface area contributed by atoms with Crippen LogP contribution in [0.3, 0.4) is 0 Å². The number of nitriles is 1. The predicted molar refractivity (Wildman–Crippen MR) is 41.2 cm³/mol. The maximum Gasteiger partial charge on any atom is 0.186 e. The summed E-state index contributed by atoms with van der Waals surface area (Å²) in [4.78, 5) is 10.3. The van der Waals surface area contributed by atoms with Gasteiger partial charge in [0.05, 0.1) is 24.3 Å². The van der Waals surface area contributed by atoms with Gasteiger partial charge < -0.3 is 4.42 Å². The molecule has 0 fully saturated rings. The molecule has 0 spiro atoms. The molecule has 0 bridgehead atoms. The third kappa shape index (κ3) is 1.74. The Morgan fingerprint density at radius 2 is 2.50 bits per heavy atom. The molecule has 1 heterocycles. The zero-order valence-electron chi connectivity index (χ0n) is 6.20. The van der Waals surface area contributed by atoms with Gasteiger partial charge in [0.1, 0.15) is 0 Å². The highest BCUT2D eigenvalue weighted by Gasteiger charge is 1.99. The summed E-state index contributed by atoms with van der Waals surface area (Å²) >= 11 is 0. The molecule has 58 valence electrons. The minimum atomic E-state index is 0.156.